The molecule has 1 aromatic heterocycles. The highest BCUT2D eigenvalue weighted by Gasteiger charge is 2.49. The van der Waals surface area contributed by atoms with Crippen LogP contribution in [0.5, 0.6) is 0 Å². The molecule has 0 unspecified atom stereocenters. The predicted molar refractivity (Wildman–Crippen MR) is 114 cm³/mol. The molecule has 1 aliphatic heterocycles. The number of ketones is 1. The molecule has 1 saturated heterocycles. The van der Waals surface area contributed by atoms with Crippen LogP contribution in [0.1, 0.15) is 33.3 Å². The number of aryl methyl sites for hydroxylation is 3. The van der Waals surface area contributed by atoms with Crippen molar-refractivity contribution < 1.29 is 19.1 Å². The van der Waals surface area contributed by atoms with E-state index in [0.29, 0.717) is 10.7 Å². The molecule has 1 aliphatic rings. The van der Waals surface area contributed by atoms with Crippen molar-refractivity contribution >= 4 is 33.9 Å². The number of amides is 1. The van der Waals surface area contributed by atoms with Gasteiger partial charge in [-0.25, -0.2) is 9.37 Å². The van der Waals surface area contributed by atoms with Crippen LogP contribution in [0.25, 0.3) is 5.76 Å². The van der Waals surface area contributed by atoms with Crippen molar-refractivity contribution in [1.29, 1.82) is 0 Å². The van der Waals surface area contributed by atoms with Crippen LogP contribution in [0.15, 0.2) is 54.1 Å². The van der Waals surface area contributed by atoms with Crippen LogP contribution in [0.4, 0.5) is 9.52 Å². The van der Waals surface area contributed by atoms with Gasteiger partial charge in [0.05, 0.1) is 11.3 Å². The Morgan fingerprint density at radius 2 is 1.73 bits per heavy atom. The Bertz CT molecular complexity index is 1180. The summed E-state index contributed by atoms with van der Waals surface area (Å²) in [5.41, 5.74) is 2.05. The van der Waals surface area contributed by atoms with Crippen molar-refractivity contribution in [1.82, 2.24) is 4.98 Å². The predicted octanol–water partition coefficient (Wildman–Crippen LogP) is 4.83. The van der Waals surface area contributed by atoms with Crippen LogP contribution < -0.4 is 4.90 Å². The first-order chi connectivity index (χ1) is 14.3. The number of hydrogen-bond acceptors (Lipinski definition) is 5. The third-order valence-corrected chi connectivity index (χ3v) is 6.26. The average Bonchev–Trinajstić information content (AvgIpc) is 3.18. The lowest BCUT2D eigenvalue weighted by Crippen LogP contribution is -2.29. The van der Waals surface area contributed by atoms with Gasteiger partial charge in [0, 0.05) is 16.0 Å². The number of nitrogens with zero attached hydrogens (tertiary/aromatic N) is 2. The van der Waals surface area contributed by atoms with E-state index in [1.54, 1.807) is 37.3 Å². The standard InChI is InChI=1S/C23H19FN2O3S/c1-12-8-10-15(11-9-12)20(27)18-19(16-6-4-5-7-17(16)24)26(22(29)21(18)28)23-25-13(2)14(3)30-23/h4-11,19,27H,1-3H3/b20-18+/t19-/m1/s1. The zero-order valence-electron chi connectivity index (χ0n) is 16.6. The highest BCUT2D eigenvalue weighted by atomic mass is 32.1. The normalized spacial score (nSPS) is 18.3. The first-order valence-corrected chi connectivity index (χ1v) is 10.2. The SMILES string of the molecule is Cc1ccc(/C(O)=C2\C(=O)C(=O)N(c3nc(C)c(C)s3)[C@@H]2c2ccccc2F)cc1. The molecule has 3 aromatic rings. The number of Topliss-reactive ketones (excluding diaryl/α,β-unsaturated/α-hetero) is 1. The topological polar surface area (TPSA) is 70.5 Å². The maximum atomic E-state index is 14.8. The van der Waals surface area contributed by atoms with Gasteiger partial charge in [0.2, 0.25) is 0 Å². The zero-order valence-corrected chi connectivity index (χ0v) is 17.5. The molecule has 7 heteroatoms. The van der Waals surface area contributed by atoms with Crippen LogP contribution in [-0.2, 0) is 9.59 Å². The summed E-state index contributed by atoms with van der Waals surface area (Å²) in [6.45, 7) is 5.56. The summed E-state index contributed by atoms with van der Waals surface area (Å²) in [5, 5.41) is 11.3. The number of aliphatic hydroxyl groups excluding tert-OH is 1. The van der Waals surface area contributed by atoms with Crippen LogP contribution in [0.3, 0.4) is 0 Å². The zero-order chi connectivity index (χ0) is 21.6. The lowest BCUT2D eigenvalue weighted by Gasteiger charge is -2.23. The van der Waals surface area contributed by atoms with E-state index in [2.05, 4.69) is 4.98 Å². The second kappa shape index (κ2) is 7.50. The number of aliphatic hydroxyl groups is 1. The molecular weight excluding hydrogens is 403 g/mol. The maximum absolute atomic E-state index is 14.8. The number of rotatable bonds is 3. The molecule has 5 nitrogen and oxygen atoms in total. The quantitative estimate of drug-likeness (QED) is 0.373. The Labute approximate surface area is 177 Å². The fourth-order valence-corrected chi connectivity index (χ4v) is 4.38. The molecule has 4 rings (SSSR count). The number of aromatic nitrogens is 1. The van der Waals surface area contributed by atoms with Gasteiger partial charge in [-0.1, -0.05) is 48.0 Å². The molecule has 1 amide bonds. The van der Waals surface area contributed by atoms with Gasteiger partial charge in [-0.3, -0.25) is 14.5 Å². The molecule has 0 radical (unpaired) electrons. The second-order valence-corrected chi connectivity index (χ2v) is 8.38. The largest absolute Gasteiger partial charge is 0.507 e. The molecule has 0 bridgehead atoms. The van der Waals surface area contributed by atoms with Crippen LogP contribution in [0, 0.1) is 26.6 Å². The molecule has 1 N–H and O–H groups in total. The number of carbonyl (C=O) groups excluding carboxylic acids is 2. The summed E-state index contributed by atoms with van der Waals surface area (Å²) in [5.74, 6) is -2.62. The van der Waals surface area contributed by atoms with E-state index in [1.807, 2.05) is 13.8 Å². The monoisotopic (exact) mass is 422 g/mol. The summed E-state index contributed by atoms with van der Waals surface area (Å²) in [6, 6.07) is 11.7. The van der Waals surface area contributed by atoms with E-state index >= 15 is 0 Å². The Hall–Kier alpha value is -3.32. The number of carbonyl (C=O) groups is 2. The number of thiazole rings is 1. The number of hydrogen-bond donors (Lipinski definition) is 1. The fraction of sp³-hybridized carbons (Fsp3) is 0.174. The van der Waals surface area contributed by atoms with Gasteiger partial charge < -0.3 is 5.11 Å². The molecule has 0 aliphatic carbocycles. The maximum Gasteiger partial charge on any atom is 0.301 e. The third-order valence-electron chi connectivity index (χ3n) is 5.19. The van der Waals surface area contributed by atoms with E-state index in [4.69, 9.17) is 0 Å². The Kier molecular flexibility index (Phi) is 4.99. The van der Waals surface area contributed by atoms with Crippen molar-refractivity contribution in [2.45, 2.75) is 26.8 Å². The summed E-state index contributed by atoms with van der Waals surface area (Å²) in [6.07, 6.45) is 0. The van der Waals surface area contributed by atoms with E-state index in [-0.39, 0.29) is 16.9 Å². The minimum atomic E-state index is -1.11. The van der Waals surface area contributed by atoms with Crippen molar-refractivity contribution in [2.75, 3.05) is 4.90 Å². The van der Waals surface area contributed by atoms with Gasteiger partial charge in [0.25, 0.3) is 5.78 Å². The third kappa shape index (κ3) is 3.21. The van der Waals surface area contributed by atoms with Gasteiger partial charge in [-0.2, -0.15) is 0 Å². The smallest absolute Gasteiger partial charge is 0.301 e. The van der Waals surface area contributed by atoms with Gasteiger partial charge in [-0.05, 0) is 26.8 Å². The van der Waals surface area contributed by atoms with Crippen LogP contribution in [-0.4, -0.2) is 21.8 Å². The molecular formula is C23H19FN2O3S. The lowest BCUT2D eigenvalue weighted by molar-refractivity contribution is -0.132. The number of benzene rings is 2. The first kappa shape index (κ1) is 20.0. The molecule has 1 fully saturated rings. The molecule has 1 atom stereocenters. The average molecular weight is 422 g/mol. The summed E-state index contributed by atoms with van der Waals surface area (Å²) >= 11 is 1.25. The van der Waals surface area contributed by atoms with Crippen molar-refractivity contribution in [3.8, 4) is 0 Å². The van der Waals surface area contributed by atoms with Crippen molar-refractivity contribution in [3.05, 3.63) is 87.2 Å². The Morgan fingerprint density at radius 1 is 1.07 bits per heavy atom. The molecule has 2 heterocycles. The number of anilines is 1. The van der Waals surface area contributed by atoms with Gasteiger partial charge in [0.15, 0.2) is 5.13 Å². The Balaban J connectivity index is 1.97. The molecule has 0 spiro atoms. The Morgan fingerprint density at radius 3 is 2.33 bits per heavy atom. The van der Waals surface area contributed by atoms with E-state index in [9.17, 15) is 19.1 Å². The highest BCUT2D eigenvalue weighted by Crippen LogP contribution is 2.44. The van der Waals surface area contributed by atoms with E-state index in [1.165, 1.54) is 34.4 Å². The minimum absolute atomic E-state index is 0.121. The van der Waals surface area contributed by atoms with Crippen LogP contribution >= 0.6 is 11.3 Å². The number of halogens is 1. The van der Waals surface area contributed by atoms with Crippen LogP contribution in [0.2, 0.25) is 0 Å². The van der Waals surface area contributed by atoms with Gasteiger partial charge >= 0.3 is 5.91 Å². The highest BCUT2D eigenvalue weighted by molar-refractivity contribution is 7.16. The summed E-state index contributed by atoms with van der Waals surface area (Å²) in [7, 11) is 0. The van der Waals surface area contributed by atoms with E-state index in [0.717, 1.165) is 16.1 Å². The van der Waals surface area contributed by atoms with E-state index < -0.39 is 23.5 Å². The molecule has 2 aromatic carbocycles. The van der Waals surface area contributed by atoms with Gasteiger partial charge in [0.1, 0.15) is 17.6 Å². The lowest BCUT2D eigenvalue weighted by atomic mass is 9.95. The summed E-state index contributed by atoms with van der Waals surface area (Å²) < 4.78 is 14.8. The first-order valence-electron chi connectivity index (χ1n) is 9.36. The minimum Gasteiger partial charge on any atom is -0.507 e. The second-order valence-electron chi connectivity index (χ2n) is 7.19. The summed E-state index contributed by atoms with van der Waals surface area (Å²) in [4.78, 5) is 32.5. The van der Waals surface area contributed by atoms with Crippen molar-refractivity contribution in [2.24, 2.45) is 0 Å². The van der Waals surface area contributed by atoms with Gasteiger partial charge in [-0.15, -0.1) is 11.3 Å². The molecule has 152 valence electrons. The molecule has 30 heavy (non-hydrogen) atoms. The molecule has 0 saturated carbocycles. The van der Waals surface area contributed by atoms with Crippen molar-refractivity contribution in [3.63, 3.8) is 0 Å². The fourth-order valence-electron chi connectivity index (χ4n) is 3.45.